The van der Waals surface area contributed by atoms with Gasteiger partial charge in [0.05, 0.1) is 6.04 Å². The van der Waals surface area contributed by atoms with E-state index in [1.165, 1.54) is 12.1 Å². The minimum atomic E-state index is -0.258. The van der Waals surface area contributed by atoms with Crippen molar-refractivity contribution in [1.29, 1.82) is 0 Å². The van der Waals surface area contributed by atoms with E-state index in [9.17, 15) is 14.0 Å². The number of piperazine rings is 1. The van der Waals surface area contributed by atoms with Gasteiger partial charge in [-0.05, 0) is 43.9 Å². The van der Waals surface area contributed by atoms with Gasteiger partial charge in [0.1, 0.15) is 5.82 Å². The van der Waals surface area contributed by atoms with Crippen LogP contribution in [0.4, 0.5) is 4.39 Å². The van der Waals surface area contributed by atoms with Crippen LogP contribution in [-0.4, -0.2) is 59.9 Å². The third-order valence-corrected chi connectivity index (χ3v) is 5.06. The molecule has 1 aliphatic carbocycles. The molecule has 1 aliphatic heterocycles. The van der Waals surface area contributed by atoms with Crippen molar-refractivity contribution < 1.29 is 14.0 Å². The third kappa shape index (κ3) is 5.01. The van der Waals surface area contributed by atoms with Crippen LogP contribution in [-0.2, 0) is 16.0 Å². The first kappa shape index (κ1) is 17.9. The average molecular weight is 347 g/mol. The summed E-state index contributed by atoms with van der Waals surface area (Å²) < 4.78 is 12.9. The molecule has 6 heteroatoms. The first-order valence-corrected chi connectivity index (χ1v) is 9.09. The number of carbonyl (C=O) groups is 2. The largest absolute Gasteiger partial charge is 0.352 e. The molecule has 25 heavy (non-hydrogen) atoms. The van der Waals surface area contributed by atoms with E-state index < -0.39 is 0 Å². The van der Waals surface area contributed by atoms with Gasteiger partial charge in [0, 0.05) is 38.6 Å². The highest BCUT2D eigenvalue weighted by Crippen LogP contribution is 2.19. The van der Waals surface area contributed by atoms with E-state index in [1.54, 1.807) is 12.1 Å². The molecule has 1 N–H and O–H groups in total. The smallest absolute Gasteiger partial charge is 0.237 e. The van der Waals surface area contributed by atoms with Crippen LogP contribution in [0.2, 0.25) is 0 Å². The Morgan fingerprint density at radius 3 is 2.40 bits per heavy atom. The summed E-state index contributed by atoms with van der Waals surface area (Å²) in [5.41, 5.74) is 0.971. The minimum absolute atomic E-state index is 0.0959. The molecule has 0 spiro atoms. The molecule has 5 nitrogen and oxygen atoms in total. The van der Waals surface area contributed by atoms with Crippen molar-refractivity contribution in [3.63, 3.8) is 0 Å². The monoisotopic (exact) mass is 347 g/mol. The fourth-order valence-electron chi connectivity index (χ4n) is 3.13. The van der Waals surface area contributed by atoms with Gasteiger partial charge in [-0.3, -0.25) is 14.5 Å². The maximum absolute atomic E-state index is 12.9. The Bertz CT molecular complexity index is 608. The molecule has 2 aliphatic rings. The fourth-order valence-corrected chi connectivity index (χ4v) is 3.13. The number of hydrogen-bond donors (Lipinski definition) is 1. The van der Waals surface area contributed by atoms with Crippen LogP contribution in [0.5, 0.6) is 0 Å². The number of benzene rings is 1. The molecule has 0 radical (unpaired) electrons. The molecule has 1 atom stereocenters. The Morgan fingerprint density at radius 1 is 1.16 bits per heavy atom. The zero-order valence-corrected chi connectivity index (χ0v) is 14.7. The summed E-state index contributed by atoms with van der Waals surface area (Å²) in [5.74, 6) is -0.0383. The normalized spacial score (nSPS) is 19.5. The van der Waals surface area contributed by atoms with E-state index in [-0.39, 0.29) is 23.7 Å². The van der Waals surface area contributed by atoms with Gasteiger partial charge in [0.25, 0.3) is 0 Å². The number of aryl methyl sites for hydroxylation is 1. The van der Waals surface area contributed by atoms with Gasteiger partial charge in [-0.1, -0.05) is 12.1 Å². The summed E-state index contributed by atoms with van der Waals surface area (Å²) in [6, 6.07) is 6.53. The second kappa shape index (κ2) is 7.95. The predicted octanol–water partition coefficient (Wildman–Crippen LogP) is 1.57. The number of nitrogens with one attached hydrogen (secondary N) is 1. The van der Waals surface area contributed by atoms with E-state index in [2.05, 4.69) is 10.2 Å². The van der Waals surface area contributed by atoms with Crippen LogP contribution in [0, 0.1) is 5.82 Å². The summed E-state index contributed by atoms with van der Waals surface area (Å²) >= 11 is 0. The van der Waals surface area contributed by atoms with Crippen molar-refractivity contribution in [2.75, 3.05) is 26.2 Å². The summed E-state index contributed by atoms with van der Waals surface area (Å²) in [5, 5.41) is 3.04. The van der Waals surface area contributed by atoms with Crippen LogP contribution >= 0.6 is 0 Å². The summed E-state index contributed by atoms with van der Waals surface area (Å²) in [6.07, 6.45) is 3.24. The lowest BCUT2D eigenvalue weighted by atomic mass is 10.1. The SMILES string of the molecule is CC(C(=O)NC1CC1)N1CCN(C(=O)CCc2ccc(F)cc2)CC1. The standard InChI is InChI=1S/C19H26FN3O2/c1-14(19(25)21-17-7-8-17)22-10-12-23(13-11-22)18(24)9-4-15-2-5-16(20)6-3-15/h2-3,5-6,14,17H,4,7-13H2,1H3,(H,21,25). The van der Waals surface area contributed by atoms with Crippen molar-refractivity contribution in [2.24, 2.45) is 0 Å². The second-order valence-electron chi connectivity index (χ2n) is 7.00. The van der Waals surface area contributed by atoms with Crippen molar-refractivity contribution in [3.05, 3.63) is 35.6 Å². The van der Waals surface area contributed by atoms with Crippen LogP contribution in [0.15, 0.2) is 24.3 Å². The highest BCUT2D eigenvalue weighted by atomic mass is 19.1. The number of nitrogens with zero attached hydrogens (tertiary/aromatic N) is 2. The van der Waals surface area contributed by atoms with Gasteiger partial charge in [-0.25, -0.2) is 4.39 Å². The average Bonchev–Trinajstić information content (AvgIpc) is 3.44. The second-order valence-corrected chi connectivity index (χ2v) is 7.00. The number of rotatable bonds is 6. The Morgan fingerprint density at radius 2 is 1.80 bits per heavy atom. The minimum Gasteiger partial charge on any atom is -0.352 e. The Labute approximate surface area is 148 Å². The predicted molar refractivity (Wildman–Crippen MR) is 93.5 cm³/mol. The van der Waals surface area contributed by atoms with Crippen molar-refractivity contribution >= 4 is 11.8 Å². The van der Waals surface area contributed by atoms with Crippen molar-refractivity contribution in [2.45, 2.75) is 44.7 Å². The van der Waals surface area contributed by atoms with Gasteiger partial charge < -0.3 is 10.2 Å². The van der Waals surface area contributed by atoms with E-state index in [4.69, 9.17) is 0 Å². The van der Waals surface area contributed by atoms with Crippen molar-refractivity contribution in [3.8, 4) is 0 Å². The third-order valence-electron chi connectivity index (χ3n) is 5.06. The molecule has 1 heterocycles. The fraction of sp³-hybridized carbons (Fsp3) is 0.579. The van der Waals surface area contributed by atoms with E-state index >= 15 is 0 Å². The Hall–Kier alpha value is -1.95. The molecule has 0 aromatic heterocycles. The van der Waals surface area contributed by atoms with Gasteiger partial charge in [0.15, 0.2) is 0 Å². The van der Waals surface area contributed by atoms with Crippen LogP contribution in [0.1, 0.15) is 31.7 Å². The maximum Gasteiger partial charge on any atom is 0.237 e. The first-order chi connectivity index (χ1) is 12.0. The van der Waals surface area contributed by atoms with Crippen LogP contribution in [0.25, 0.3) is 0 Å². The van der Waals surface area contributed by atoms with Gasteiger partial charge >= 0.3 is 0 Å². The van der Waals surface area contributed by atoms with Gasteiger partial charge in [-0.2, -0.15) is 0 Å². The van der Waals surface area contributed by atoms with Gasteiger partial charge in [0.2, 0.25) is 11.8 Å². The van der Waals surface area contributed by atoms with Crippen molar-refractivity contribution in [1.82, 2.24) is 15.1 Å². The molecule has 1 aromatic rings. The zero-order valence-electron chi connectivity index (χ0n) is 14.7. The van der Waals surface area contributed by atoms with Crippen LogP contribution in [0.3, 0.4) is 0 Å². The van der Waals surface area contributed by atoms with E-state index in [0.717, 1.165) is 31.5 Å². The molecule has 1 unspecified atom stereocenters. The zero-order chi connectivity index (χ0) is 17.8. The molecule has 3 rings (SSSR count). The number of hydrogen-bond acceptors (Lipinski definition) is 3. The lowest BCUT2D eigenvalue weighted by Crippen LogP contribution is -2.55. The summed E-state index contributed by atoms with van der Waals surface area (Å²) in [6.45, 7) is 4.69. The Kier molecular flexibility index (Phi) is 5.68. The molecular formula is C19H26FN3O2. The molecule has 136 valence electrons. The lowest BCUT2D eigenvalue weighted by Gasteiger charge is -2.37. The summed E-state index contributed by atoms with van der Waals surface area (Å²) in [4.78, 5) is 28.5. The molecule has 1 saturated carbocycles. The number of amides is 2. The van der Waals surface area contributed by atoms with E-state index in [0.29, 0.717) is 32.0 Å². The van der Waals surface area contributed by atoms with E-state index in [1.807, 2.05) is 11.8 Å². The summed E-state index contributed by atoms with van der Waals surface area (Å²) in [7, 11) is 0. The number of carbonyl (C=O) groups excluding carboxylic acids is 2. The highest BCUT2D eigenvalue weighted by molar-refractivity contribution is 5.82. The quantitative estimate of drug-likeness (QED) is 0.850. The molecule has 2 fully saturated rings. The Balaban J connectivity index is 1.40. The molecular weight excluding hydrogens is 321 g/mol. The first-order valence-electron chi connectivity index (χ1n) is 9.09. The molecule has 0 bridgehead atoms. The van der Waals surface area contributed by atoms with Crippen LogP contribution < -0.4 is 5.32 Å². The topological polar surface area (TPSA) is 52.7 Å². The lowest BCUT2D eigenvalue weighted by molar-refractivity contribution is -0.134. The molecule has 1 aromatic carbocycles. The maximum atomic E-state index is 12.9. The molecule has 1 saturated heterocycles. The number of halogens is 1. The van der Waals surface area contributed by atoms with Gasteiger partial charge in [-0.15, -0.1) is 0 Å². The molecule has 2 amide bonds. The highest BCUT2D eigenvalue weighted by Gasteiger charge is 2.30.